The Kier molecular flexibility index (Phi) is 10.1. The Balaban J connectivity index is 1.20. The topological polar surface area (TPSA) is 101 Å². The van der Waals surface area contributed by atoms with Gasteiger partial charge < -0.3 is 29.5 Å². The van der Waals surface area contributed by atoms with E-state index < -0.39 is 12.2 Å². The van der Waals surface area contributed by atoms with Gasteiger partial charge in [-0.15, -0.1) is 0 Å². The van der Waals surface area contributed by atoms with Gasteiger partial charge in [0.05, 0.1) is 31.6 Å². The minimum atomic E-state index is -2.85. The van der Waals surface area contributed by atoms with Crippen molar-refractivity contribution in [3.05, 3.63) is 30.1 Å². The molecule has 4 heterocycles. The molecular weight excluding hydrogens is 623 g/mol. The number of ether oxygens (including phenoxy) is 2. The van der Waals surface area contributed by atoms with Crippen LogP contribution in [0.4, 0.5) is 20.4 Å². The molecule has 3 aromatic rings. The molecule has 0 unspecified atom stereocenters. The number of thioether (sulfide) groups is 1. The van der Waals surface area contributed by atoms with Gasteiger partial charge in [0.1, 0.15) is 27.2 Å². The minimum absolute atomic E-state index is 0.0323. The highest BCUT2D eigenvalue weighted by molar-refractivity contribution is 8.23. The molecule has 1 aliphatic carbocycles. The zero-order valence-electron chi connectivity index (χ0n) is 25.3. The number of alkyl halides is 2. The third-order valence-corrected chi connectivity index (χ3v) is 9.99. The third kappa shape index (κ3) is 7.25. The summed E-state index contributed by atoms with van der Waals surface area (Å²) in [5.41, 5.74) is 0.763. The van der Waals surface area contributed by atoms with E-state index in [0.29, 0.717) is 91.0 Å². The average Bonchev–Trinajstić information content (AvgIpc) is 3.48. The van der Waals surface area contributed by atoms with Gasteiger partial charge in [-0.25, -0.2) is 13.8 Å². The van der Waals surface area contributed by atoms with Crippen LogP contribution in [-0.4, -0.2) is 106 Å². The molecule has 3 aliphatic rings. The summed E-state index contributed by atoms with van der Waals surface area (Å²) in [6, 6.07) is 7.34. The number of anilines is 2. The molecule has 0 atom stereocenters. The number of benzene rings is 1. The number of nitrogens with one attached hydrogen (secondary N) is 1. The van der Waals surface area contributed by atoms with Crippen molar-refractivity contribution in [2.24, 2.45) is 0 Å². The maximum atomic E-state index is 14.4. The van der Waals surface area contributed by atoms with E-state index in [9.17, 15) is 13.6 Å². The Morgan fingerprint density at radius 3 is 2.40 bits per heavy atom. The van der Waals surface area contributed by atoms with Crippen LogP contribution < -0.4 is 19.9 Å². The molecule has 15 heteroatoms. The van der Waals surface area contributed by atoms with E-state index >= 15 is 0 Å². The van der Waals surface area contributed by atoms with Crippen LogP contribution in [-0.2, 0) is 9.53 Å². The number of imidazole rings is 1. The number of carbonyl (C=O) groups is 1. The van der Waals surface area contributed by atoms with E-state index in [0.717, 1.165) is 12.8 Å². The predicted octanol–water partition coefficient (Wildman–Crippen LogP) is 4.19. The fourth-order valence-corrected chi connectivity index (χ4v) is 7.15. The third-order valence-electron chi connectivity index (χ3n) is 8.47. The highest BCUT2D eigenvalue weighted by atomic mass is 32.2. The summed E-state index contributed by atoms with van der Waals surface area (Å²) in [6.07, 6.45) is 2.83. The number of hydrogen-bond donors (Lipinski definition) is 1. The molecule has 1 aromatic carbocycles. The molecule has 0 radical (unpaired) electrons. The molecule has 1 amide bonds. The largest absolute Gasteiger partial charge is 0.494 e. The van der Waals surface area contributed by atoms with E-state index in [1.165, 1.54) is 42.7 Å². The van der Waals surface area contributed by atoms with E-state index in [1.54, 1.807) is 18.2 Å². The van der Waals surface area contributed by atoms with E-state index in [-0.39, 0.29) is 17.9 Å². The first kappa shape index (κ1) is 31.7. The van der Waals surface area contributed by atoms with Crippen LogP contribution in [0.1, 0.15) is 44.4 Å². The number of halogens is 2. The van der Waals surface area contributed by atoms with Crippen molar-refractivity contribution in [1.29, 1.82) is 0 Å². The van der Waals surface area contributed by atoms with E-state index in [4.69, 9.17) is 31.7 Å². The molecular formula is C30H38F2N8O3S2. The molecule has 0 spiro atoms. The Hall–Kier alpha value is -3.30. The van der Waals surface area contributed by atoms with Gasteiger partial charge in [-0.05, 0) is 25.0 Å². The first-order valence-corrected chi connectivity index (χ1v) is 16.8. The monoisotopic (exact) mass is 660 g/mol. The fraction of sp³-hybridized carbons (Fsp3) is 0.567. The number of hydrogen-bond acceptors (Lipinski definition) is 10. The molecule has 45 heavy (non-hydrogen) atoms. The van der Waals surface area contributed by atoms with Gasteiger partial charge >= 0.3 is 0 Å². The van der Waals surface area contributed by atoms with Crippen molar-refractivity contribution in [3.63, 3.8) is 0 Å². The second kappa shape index (κ2) is 14.4. The molecule has 11 nitrogen and oxygen atoms in total. The molecule has 2 aromatic heterocycles. The normalized spacial score (nSPS) is 18.1. The van der Waals surface area contributed by atoms with Gasteiger partial charge in [0.15, 0.2) is 5.82 Å². The lowest BCUT2D eigenvalue weighted by Crippen LogP contribution is -2.48. The molecule has 3 fully saturated rings. The van der Waals surface area contributed by atoms with E-state index in [2.05, 4.69) is 25.0 Å². The molecule has 0 bridgehead atoms. The Labute approximate surface area is 270 Å². The second-order valence-corrected chi connectivity index (χ2v) is 13.0. The van der Waals surface area contributed by atoms with Crippen molar-refractivity contribution in [2.75, 3.05) is 75.1 Å². The summed E-state index contributed by atoms with van der Waals surface area (Å²) in [6.45, 7) is 4.89. The van der Waals surface area contributed by atoms with Crippen LogP contribution in [0.2, 0.25) is 0 Å². The van der Waals surface area contributed by atoms with Gasteiger partial charge in [-0.2, -0.15) is 9.97 Å². The van der Waals surface area contributed by atoms with Crippen LogP contribution in [0.25, 0.3) is 17.0 Å². The number of morpholine rings is 1. The van der Waals surface area contributed by atoms with Crippen LogP contribution in [0.15, 0.2) is 24.3 Å². The van der Waals surface area contributed by atoms with Crippen molar-refractivity contribution in [3.8, 4) is 11.7 Å². The highest BCUT2D eigenvalue weighted by Crippen LogP contribution is 2.33. The van der Waals surface area contributed by atoms with E-state index in [1.807, 2.05) is 6.07 Å². The first-order chi connectivity index (χ1) is 21.9. The summed E-state index contributed by atoms with van der Waals surface area (Å²) in [4.78, 5) is 32.7. The SMILES string of the molecule is COc1cccc2c1nc(C(F)F)n2-c1nc(N2CCOCC2)cc(N2CCN(C(=S)SCC(=O)NC3CCCCC3)CC2)n1. The average molecular weight is 661 g/mol. The number of amides is 1. The molecule has 2 aliphatic heterocycles. The van der Waals surface area contributed by atoms with Crippen molar-refractivity contribution in [1.82, 2.24) is 29.7 Å². The molecule has 1 N–H and O–H groups in total. The number of rotatable bonds is 8. The minimum Gasteiger partial charge on any atom is -0.494 e. The lowest BCUT2D eigenvalue weighted by atomic mass is 9.95. The standard InChI is InChI=1S/C30H38F2N8O3S2/c1-42-22-9-5-8-21-26(22)36-28(27(31)32)40(21)29-34-23(18-24(35-29)38-14-16-43-17-15-38)37-10-12-39(13-11-37)30(44)45-19-25(41)33-20-6-3-2-4-7-20/h5,8-9,18,20,27H,2-4,6-7,10-17,19H2,1H3,(H,33,41). The van der Waals surface area contributed by atoms with Crippen molar-refractivity contribution in [2.45, 2.75) is 44.6 Å². The zero-order chi connectivity index (χ0) is 31.3. The number of piperazine rings is 1. The van der Waals surface area contributed by atoms with Gasteiger partial charge in [0.25, 0.3) is 6.43 Å². The maximum absolute atomic E-state index is 14.4. The Morgan fingerprint density at radius 2 is 1.73 bits per heavy atom. The van der Waals surface area contributed by atoms with Gasteiger partial charge in [-0.1, -0.05) is 49.3 Å². The van der Waals surface area contributed by atoms with Crippen LogP contribution in [0.5, 0.6) is 5.75 Å². The lowest BCUT2D eigenvalue weighted by Gasteiger charge is -2.37. The smallest absolute Gasteiger partial charge is 0.296 e. The molecule has 6 rings (SSSR count). The Bertz CT molecular complexity index is 1510. The summed E-state index contributed by atoms with van der Waals surface area (Å²) in [5, 5.41) is 3.15. The number of thiocarbonyl (C=S) groups is 1. The summed E-state index contributed by atoms with van der Waals surface area (Å²) >= 11 is 7.09. The molecule has 1 saturated carbocycles. The predicted molar refractivity (Wildman–Crippen MR) is 175 cm³/mol. The second-order valence-electron chi connectivity index (χ2n) is 11.3. The number of nitrogens with zero attached hydrogens (tertiary/aromatic N) is 7. The van der Waals surface area contributed by atoms with Crippen molar-refractivity contribution < 1.29 is 23.0 Å². The summed E-state index contributed by atoms with van der Waals surface area (Å²) < 4.78 is 41.8. The summed E-state index contributed by atoms with van der Waals surface area (Å²) in [5.74, 6) is 1.69. The number of fused-ring (bicyclic) bond motifs is 1. The van der Waals surface area contributed by atoms with Gasteiger partial charge in [0.2, 0.25) is 11.9 Å². The summed E-state index contributed by atoms with van der Waals surface area (Å²) in [7, 11) is 1.49. The van der Waals surface area contributed by atoms with Crippen LogP contribution in [0, 0.1) is 0 Å². The van der Waals surface area contributed by atoms with Crippen molar-refractivity contribution >= 4 is 56.9 Å². The number of methoxy groups -OCH3 is 1. The molecule has 2 saturated heterocycles. The van der Waals surface area contributed by atoms with Gasteiger partial charge in [-0.3, -0.25) is 9.36 Å². The Morgan fingerprint density at radius 1 is 1.04 bits per heavy atom. The molecule has 242 valence electrons. The highest BCUT2D eigenvalue weighted by Gasteiger charge is 2.28. The number of carbonyl (C=O) groups excluding carboxylic acids is 1. The maximum Gasteiger partial charge on any atom is 0.296 e. The fourth-order valence-electron chi connectivity index (χ4n) is 6.09. The van der Waals surface area contributed by atoms with Gasteiger partial charge in [0, 0.05) is 51.4 Å². The quantitative estimate of drug-likeness (QED) is 0.352. The van der Waals surface area contributed by atoms with Crippen LogP contribution in [0.3, 0.4) is 0 Å². The first-order valence-electron chi connectivity index (χ1n) is 15.4. The number of para-hydroxylation sites is 1. The lowest BCUT2D eigenvalue weighted by molar-refractivity contribution is -0.119. The number of aromatic nitrogens is 4. The zero-order valence-corrected chi connectivity index (χ0v) is 26.9. The van der Waals surface area contributed by atoms with Crippen LogP contribution >= 0.6 is 24.0 Å².